The van der Waals surface area contributed by atoms with Gasteiger partial charge in [0.1, 0.15) is 17.6 Å². The zero-order valence-electron chi connectivity index (χ0n) is 17.4. The number of nitrogens with zero attached hydrogens (tertiary/aromatic N) is 2. The Kier molecular flexibility index (Phi) is 6.84. The molecule has 2 aromatic rings. The summed E-state index contributed by atoms with van der Waals surface area (Å²) in [6.45, 7) is 5.06. The van der Waals surface area contributed by atoms with Crippen LogP contribution >= 0.6 is 0 Å². The van der Waals surface area contributed by atoms with E-state index >= 15 is 0 Å². The van der Waals surface area contributed by atoms with Crippen molar-refractivity contribution in [2.45, 2.75) is 26.3 Å². The van der Waals surface area contributed by atoms with E-state index in [4.69, 9.17) is 9.47 Å². The number of likely N-dealkylation sites (tertiary alicyclic amines) is 1. The maximum absolute atomic E-state index is 12.9. The highest BCUT2D eigenvalue weighted by Crippen LogP contribution is 2.39. The summed E-state index contributed by atoms with van der Waals surface area (Å²) in [5, 5.41) is 11.1. The Hall–Kier alpha value is -3.19. The van der Waals surface area contributed by atoms with Crippen LogP contribution in [-0.4, -0.2) is 53.5 Å². The van der Waals surface area contributed by atoms with Crippen molar-refractivity contribution in [1.29, 1.82) is 0 Å². The largest absolute Gasteiger partial charge is 0.507 e. The summed E-state index contributed by atoms with van der Waals surface area (Å²) < 4.78 is 10.6. The quantitative estimate of drug-likeness (QED) is 0.311. The lowest BCUT2D eigenvalue weighted by Crippen LogP contribution is -2.31. The number of aromatic nitrogens is 1. The summed E-state index contributed by atoms with van der Waals surface area (Å²) in [4.78, 5) is 31.5. The van der Waals surface area contributed by atoms with Crippen molar-refractivity contribution in [2.75, 3.05) is 26.9 Å². The second-order valence-corrected chi connectivity index (χ2v) is 7.01. The highest BCUT2D eigenvalue weighted by molar-refractivity contribution is 6.46. The summed E-state index contributed by atoms with van der Waals surface area (Å²) in [6, 6.07) is 9.72. The molecule has 1 N–H and O–H groups in total. The third-order valence-electron chi connectivity index (χ3n) is 5.00. The number of methoxy groups -OCH3 is 1. The van der Waals surface area contributed by atoms with E-state index in [0.29, 0.717) is 43.2 Å². The number of aliphatic hydroxyl groups is 1. The van der Waals surface area contributed by atoms with Gasteiger partial charge in [0, 0.05) is 32.0 Å². The molecule has 0 bridgehead atoms. The monoisotopic (exact) mass is 410 g/mol. The number of carbonyl (C=O) groups excluding carboxylic acids is 2. The summed E-state index contributed by atoms with van der Waals surface area (Å²) >= 11 is 0. The second kappa shape index (κ2) is 9.54. The first-order chi connectivity index (χ1) is 14.5. The molecule has 3 rings (SSSR count). The Bertz CT molecular complexity index is 955. The molecule has 0 spiro atoms. The van der Waals surface area contributed by atoms with Crippen molar-refractivity contribution in [3.05, 3.63) is 65.0 Å². The first-order valence-electron chi connectivity index (χ1n) is 9.91. The van der Waals surface area contributed by atoms with Crippen LogP contribution in [0.15, 0.2) is 48.2 Å². The fourth-order valence-electron chi connectivity index (χ4n) is 3.60. The number of ether oxygens (including phenoxy) is 2. The number of rotatable bonds is 8. The van der Waals surface area contributed by atoms with Gasteiger partial charge in [-0.2, -0.15) is 0 Å². The van der Waals surface area contributed by atoms with Crippen molar-refractivity contribution in [3.63, 3.8) is 0 Å². The SMILES string of the molecule is CCOc1ccc(/C(O)=C2/C(=O)C(=O)N(CCCOC)C2c2ccccn2)cc1C. The van der Waals surface area contributed by atoms with E-state index in [9.17, 15) is 14.7 Å². The minimum atomic E-state index is -0.755. The van der Waals surface area contributed by atoms with E-state index in [1.54, 1.807) is 49.7 Å². The third kappa shape index (κ3) is 4.21. The minimum Gasteiger partial charge on any atom is -0.507 e. The van der Waals surface area contributed by atoms with Gasteiger partial charge in [0.25, 0.3) is 11.7 Å². The molecule has 1 aliphatic heterocycles. The van der Waals surface area contributed by atoms with Gasteiger partial charge >= 0.3 is 0 Å². The van der Waals surface area contributed by atoms with Crippen LogP contribution < -0.4 is 4.74 Å². The molecule has 30 heavy (non-hydrogen) atoms. The molecule has 0 saturated carbocycles. The Labute approximate surface area is 175 Å². The molecular weight excluding hydrogens is 384 g/mol. The van der Waals surface area contributed by atoms with E-state index in [-0.39, 0.29) is 11.3 Å². The number of aliphatic hydroxyl groups excluding tert-OH is 1. The second-order valence-electron chi connectivity index (χ2n) is 7.01. The van der Waals surface area contributed by atoms with Gasteiger partial charge in [0.15, 0.2) is 0 Å². The van der Waals surface area contributed by atoms with Gasteiger partial charge in [0.2, 0.25) is 0 Å². The molecule has 2 heterocycles. The molecule has 1 atom stereocenters. The molecule has 7 nitrogen and oxygen atoms in total. The van der Waals surface area contributed by atoms with E-state index in [1.807, 2.05) is 13.8 Å². The highest BCUT2D eigenvalue weighted by Gasteiger charge is 2.46. The number of hydrogen-bond donors (Lipinski definition) is 1. The predicted octanol–water partition coefficient (Wildman–Crippen LogP) is 3.25. The average Bonchev–Trinajstić information content (AvgIpc) is 3.00. The molecule has 1 amide bonds. The maximum Gasteiger partial charge on any atom is 0.295 e. The normalized spacial score (nSPS) is 18.1. The molecule has 1 aromatic heterocycles. The number of carbonyl (C=O) groups is 2. The molecule has 7 heteroatoms. The van der Waals surface area contributed by atoms with Crippen LogP contribution in [0.1, 0.15) is 36.2 Å². The predicted molar refractivity (Wildman–Crippen MR) is 112 cm³/mol. The zero-order valence-corrected chi connectivity index (χ0v) is 17.4. The number of hydrogen-bond acceptors (Lipinski definition) is 6. The van der Waals surface area contributed by atoms with E-state index in [1.165, 1.54) is 4.90 Å². The van der Waals surface area contributed by atoms with Crippen LogP contribution in [0.25, 0.3) is 5.76 Å². The van der Waals surface area contributed by atoms with Gasteiger partial charge in [-0.25, -0.2) is 0 Å². The third-order valence-corrected chi connectivity index (χ3v) is 5.00. The topological polar surface area (TPSA) is 89.0 Å². The van der Waals surface area contributed by atoms with Gasteiger partial charge in [0.05, 0.1) is 17.9 Å². The van der Waals surface area contributed by atoms with E-state index in [0.717, 1.165) is 5.56 Å². The molecular formula is C23H26N2O5. The number of aryl methyl sites for hydroxylation is 1. The standard InChI is InChI=1S/C23H26N2O5/c1-4-30-18-10-9-16(14-15(18)2)21(26)19-20(17-8-5-6-11-24-17)25(12-7-13-29-3)23(28)22(19)27/h5-6,8-11,14,20,26H,4,7,12-13H2,1-3H3/b21-19-. The maximum atomic E-state index is 12.9. The van der Waals surface area contributed by atoms with Crippen molar-refractivity contribution in [3.8, 4) is 5.75 Å². The Morgan fingerprint density at radius 3 is 2.67 bits per heavy atom. The van der Waals surface area contributed by atoms with E-state index < -0.39 is 17.7 Å². The summed E-state index contributed by atoms with van der Waals surface area (Å²) in [5.74, 6) is -0.877. The number of amides is 1. The Balaban J connectivity index is 2.08. The number of pyridine rings is 1. The first-order valence-corrected chi connectivity index (χ1v) is 9.91. The Morgan fingerprint density at radius 1 is 1.23 bits per heavy atom. The molecule has 0 radical (unpaired) electrons. The van der Waals surface area contributed by atoms with Crippen LogP contribution in [0.5, 0.6) is 5.75 Å². The lowest BCUT2D eigenvalue weighted by molar-refractivity contribution is -0.140. The van der Waals surface area contributed by atoms with E-state index in [2.05, 4.69) is 4.98 Å². The van der Waals surface area contributed by atoms with Crippen LogP contribution in [0.2, 0.25) is 0 Å². The number of Topliss-reactive ketones (excluding diaryl/α,β-unsaturated/α-hetero) is 1. The summed E-state index contributed by atoms with van der Waals surface area (Å²) in [7, 11) is 1.58. The fourth-order valence-corrected chi connectivity index (χ4v) is 3.60. The molecule has 158 valence electrons. The van der Waals surface area contributed by atoms with Crippen molar-refractivity contribution < 1.29 is 24.2 Å². The number of benzene rings is 1. The minimum absolute atomic E-state index is 0.0414. The van der Waals surface area contributed by atoms with Gasteiger partial charge < -0.3 is 19.5 Å². The van der Waals surface area contributed by atoms with Gasteiger partial charge in [-0.15, -0.1) is 0 Å². The van der Waals surface area contributed by atoms with Crippen LogP contribution in [0, 0.1) is 6.92 Å². The van der Waals surface area contributed by atoms with Gasteiger partial charge in [-0.3, -0.25) is 14.6 Å². The lowest BCUT2D eigenvalue weighted by Gasteiger charge is -2.24. The highest BCUT2D eigenvalue weighted by atomic mass is 16.5. The van der Waals surface area contributed by atoms with Gasteiger partial charge in [-0.05, 0) is 56.2 Å². The van der Waals surface area contributed by atoms with Crippen LogP contribution in [-0.2, 0) is 14.3 Å². The zero-order chi connectivity index (χ0) is 21.7. The van der Waals surface area contributed by atoms with Crippen molar-refractivity contribution >= 4 is 17.4 Å². The van der Waals surface area contributed by atoms with Crippen LogP contribution in [0.4, 0.5) is 0 Å². The summed E-state index contributed by atoms with van der Waals surface area (Å²) in [5.41, 5.74) is 1.84. The number of ketones is 1. The molecule has 1 unspecified atom stereocenters. The van der Waals surface area contributed by atoms with Crippen molar-refractivity contribution in [1.82, 2.24) is 9.88 Å². The lowest BCUT2D eigenvalue weighted by atomic mass is 9.97. The van der Waals surface area contributed by atoms with Crippen molar-refractivity contribution in [2.24, 2.45) is 0 Å². The molecule has 1 fully saturated rings. The molecule has 1 aromatic carbocycles. The molecule has 1 aliphatic rings. The first kappa shape index (κ1) is 21.5. The Morgan fingerprint density at radius 2 is 2.03 bits per heavy atom. The average molecular weight is 410 g/mol. The summed E-state index contributed by atoms with van der Waals surface area (Å²) in [6.07, 6.45) is 2.17. The molecule has 0 aliphatic carbocycles. The van der Waals surface area contributed by atoms with Gasteiger partial charge in [-0.1, -0.05) is 6.07 Å². The fraction of sp³-hybridized carbons (Fsp3) is 0.348. The smallest absolute Gasteiger partial charge is 0.295 e. The molecule has 1 saturated heterocycles. The van der Waals surface area contributed by atoms with Crippen LogP contribution in [0.3, 0.4) is 0 Å².